The van der Waals surface area contributed by atoms with Crippen LogP contribution in [0.25, 0.3) is 5.69 Å². The van der Waals surface area contributed by atoms with Gasteiger partial charge >= 0.3 is 0 Å². The van der Waals surface area contributed by atoms with Crippen LogP contribution in [0.4, 0.5) is 11.4 Å². The molecule has 3 N–H and O–H groups in total. The number of ether oxygens (including phenoxy) is 1. The zero-order chi connectivity index (χ0) is 27.7. The Morgan fingerprint density at radius 1 is 1.10 bits per heavy atom. The van der Waals surface area contributed by atoms with Crippen LogP contribution in [0.5, 0.6) is 5.75 Å². The van der Waals surface area contributed by atoms with Crippen molar-refractivity contribution in [1.82, 2.24) is 14.9 Å². The average molecular weight is 542 g/mol. The van der Waals surface area contributed by atoms with Crippen molar-refractivity contribution in [3.05, 3.63) is 101 Å². The number of phenols is 1. The van der Waals surface area contributed by atoms with Crippen LogP contribution in [-0.2, 0) is 9.53 Å². The minimum atomic E-state index is -0.216. The number of carbonyl (C=O) groups excluding carboxylic acids is 1. The van der Waals surface area contributed by atoms with Crippen molar-refractivity contribution in [1.29, 1.82) is 0 Å². The standard InChI is InChI=1S/C30H31N5O3S/c1-18-15-21(12-13-23(18)32-27(37)17-38-4)35-29(28(33-30(35)39)24-9-7-8-14-31-24)22-16-19(2)34(20(22)3)25-10-5-6-11-26(25)36/h5-16,28-29,36H,17H2,1-4H3,(H,32,37)(H,33,39)/t28-,29-/m0/s1. The average Bonchev–Trinajstić information content (AvgIpc) is 3.41. The van der Waals surface area contributed by atoms with Crippen LogP contribution >= 0.6 is 12.2 Å². The molecule has 3 heterocycles. The van der Waals surface area contributed by atoms with E-state index in [9.17, 15) is 9.90 Å². The van der Waals surface area contributed by atoms with Gasteiger partial charge in [-0.15, -0.1) is 0 Å². The van der Waals surface area contributed by atoms with Crippen molar-refractivity contribution in [2.45, 2.75) is 32.9 Å². The number of anilines is 2. The summed E-state index contributed by atoms with van der Waals surface area (Å²) in [7, 11) is 1.49. The van der Waals surface area contributed by atoms with E-state index in [0.717, 1.165) is 45.3 Å². The molecular weight excluding hydrogens is 510 g/mol. The number of nitrogens with zero attached hydrogens (tertiary/aromatic N) is 3. The summed E-state index contributed by atoms with van der Waals surface area (Å²) in [5.74, 6) is 0.00203. The van der Waals surface area contributed by atoms with E-state index in [0.29, 0.717) is 5.11 Å². The zero-order valence-electron chi connectivity index (χ0n) is 22.3. The summed E-state index contributed by atoms with van der Waals surface area (Å²) in [6.45, 7) is 6.03. The normalized spacial score (nSPS) is 16.8. The van der Waals surface area contributed by atoms with Gasteiger partial charge < -0.3 is 29.9 Å². The van der Waals surface area contributed by atoms with Gasteiger partial charge in [0.25, 0.3) is 0 Å². The van der Waals surface area contributed by atoms with Gasteiger partial charge in [-0.2, -0.15) is 0 Å². The summed E-state index contributed by atoms with van der Waals surface area (Å²) >= 11 is 5.91. The monoisotopic (exact) mass is 541 g/mol. The number of amides is 1. The Balaban J connectivity index is 1.62. The first-order valence-corrected chi connectivity index (χ1v) is 13.1. The molecule has 2 aromatic heterocycles. The van der Waals surface area contributed by atoms with Crippen molar-refractivity contribution in [2.24, 2.45) is 0 Å². The molecule has 1 aliphatic rings. The van der Waals surface area contributed by atoms with Gasteiger partial charge in [0.1, 0.15) is 12.4 Å². The van der Waals surface area contributed by atoms with E-state index in [2.05, 4.69) is 38.1 Å². The molecule has 4 aromatic rings. The van der Waals surface area contributed by atoms with Gasteiger partial charge in [0, 0.05) is 36.1 Å². The van der Waals surface area contributed by atoms with Crippen LogP contribution < -0.4 is 15.5 Å². The summed E-state index contributed by atoms with van der Waals surface area (Å²) < 4.78 is 7.01. The van der Waals surface area contributed by atoms with Gasteiger partial charge in [0.05, 0.1) is 23.5 Å². The van der Waals surface area contributed by atoms with E-state index in [1.54, 1.807) is 12.3 Å². The topological polar surface area (TPSA) is 91.7 Å². The fourth-order valence-electron chi connectivity index (χ4n) is 5.32. The second-order valence-electron chi connectivity index (χ2n) is 9.63. The molecule has 200 valence electrons. The SMILES string of the molecule is COCC(=O)Nc1ccc(N2C(=S)N[C@@H](c3ccccn3)[C@@H]2c2cc(C)n(-c3ccccc3O)c2C)cc1C. The Bertz CT molecular complexity index is 1540. The van der Waals surface area contributed by atoms with Gasteiger partial charge in [-0.3, -0.25) is 9.78 Å². The number of para-hydroxylation sites is 2. The highest BCUT2D eigenvalue weighted by atomic mass is 32.1. The number of methoxy groups -OCH3 is 1. The number of hydrogen-bond donors (Lipinski definition) is 3. The molecule has 9 heteroatoms. The number of aromatic nitrogens is 2. The van der Waals surface area contributed by atoms with Crippen LogP contribution in [0.15, 0.2) is 72.9 Å². The maximum atomic E-state index is 12.1. The molecule has 0 radical (unpaired) electrons. The lowest BCUT2D eigenvalue weighted by molar-refractivity contribution is -0.119. The number of rotatable bonds is 7. The summed E-state index contributed by atoms with van der Waals surface area (Å²) in [5, 5.41) is 17.6. The van der Waals surface area contributed by atoms with E-state index in [4.69, 9.17) is 17.0 Å². The maximum Gasteiger partial charge on any atom is 0.250 e. The Morgan fingerprint density at radius 3 is 2.56 bits per heavy atom. The molecule has 5 rings (SSSR count). The number of nitrogens with one attached hydrogen (secondary N) is 2. The fraction of sp³-hybridized carbons (Fsp3) is 0.233. The van der Waals surface area contributed by atoms with Crippen LogP contribution in [0, 0.1) is 20.8 Å². The van der Waals surface area contributed by atoms with Gasteiger partial charge in [0.15, 0.2) is 5.11 Å². The lowest BCUT2D eigenvalue weighted by atomic mass is 9.96. The largest absolute Gasteiger partial charge is 0.506 e. The Morgan fingerprint density at radius 2 is 1.87 bits per heavy atom. The van der Waals surface area contributed by atoms with Crippen LogP contribution in [-0.4, -0.2) is 39.4 Å². The molecule has 2 atom stereocenters. The van der Waals surface area contributed by atoms with E-state index in [1.807, 2.05) is 68.4 Å². The third kappa shape index (κ3) is 4.98. The van der Waals surface area contributed by atoms with Crippen molar-refractivity contribution in [2.75, 3.05) is 23.9 Å². The van der Waals surface area contributed by atoms with E-state index in [1.165, 1.54) is 7.11 Å². The first-order valence-electron chi connectivity index (χ1n) is 12.7. The number of thiocarbonyl (C=S) groups is 1. The van der Waals surface area contributed by atoms with E-state index < -0.39 is 0 Å². The number of aromatic hydroxyl groups is 1. The van der Waals surface area contributed by atoms with Crippen LogP contribution in [0.2, 0.25) is 0 Å². The number of pyridine rings is 1. The Hall–Kier alpha value is -4.21. The molecule has 1 saturated heterocycles. The van der Waals surface area contributed by atoms with Crippen LogP contribution in [0.3, 0.4) is 0 Å². The molecule has 8 nitrogen and oxygen atoms in total. The third-order valence-corrected chi connectivity index (χ3v) is 7.36. The van der Waals surface area contributed by atoms with Crippen molar-refractivity contribution in [3.63, 3.8) is 0 Å². The number of aryl methyl sites for hydroxylation is 2. The highest BCUT2D eigenvalue weighted by Gasteiger charge is 2.42. The minimum Gasteiger partial charge on any atom is -0.506 e. The van der Waals surface area contributed by atoms with Gasteiger partial charge in [-0.1, -0.05) is 18.2 Å². The second-order valence-corrected chi connectivity index (χ2v) is 10.0. The quantitative estimate of drug-likeness (QED) is 0.275. The molecule has 39 heavy (non-hydrogen) atoms. The highest BCUT2D eigenvalue weighted by Crippen LogP contribution is 2.44. The molecule has 0 bridgehead atoms. The Labute approximate surface area is 233 Å². The Kier molecular flexibility index (Phi) is 7.36. The van der Waals surface area contributed by atoms with Crippen molar-refractivity contribution < 1.29 is 14.6 Å². The number of phenolic OH excluding ortho intramolecular Hbond substituents is 1. The third-order valence-electron chi connectivity index (χ3n) is 7.05. The predicted octanol–water partition coefficient (Wildman–Crippen LogP) is 5.27. The van der Waals surface area contributed by atoms with Crippen LogP contribution in [0.1, 0.15) is 40.3 Å². The molecule has 0 saturated carbocycles. The first kappa shape index (κ1) is 26.4. The van der Waals surface area contributed by atoms with E-state index in [-0.39, 0.29) is 30.3 Å². The van der Waals surface area contributed by atoms with Gasteiger partial charge in [-0.25, -0.2) is 0 Å². The lowest BCUT2D eigenvalue weighted by Crippen LogP contribution is -2.29. The minimum absolute atomic E-state index is 0.0122. The molecule has 0 aliphatic carbocycles. The number of hydrogen-bond acceptors (Lipinski definition) is 5. The van der Waals surface area contributed by atoms with Gasteiger partial charge in [-0.05, 0) is 92.6 Å². The predicted molar refractivity (Wildman–Crippen MR) is 157 cm³/mol. The molecule has 0 unspecified atom stereocenters. The van der Waals surface area contributed by atoms with Gasteiger partial charge in [0.2, 0.25) is 5.91 Å². The molecule has 1 fully saturated rings. The maximum absolute atomic E-state index is 12.1. The number of carbonyl (C=O) groups is 1. The smallest absolute Gasteiger partial charge is 0.250 e. The van der Waals surface area contributed by atoms with E-state index >= 15 is 0 Å². The fourth-order valence-corrected chi connectivity index (χ4v) is 5.66. The molecule has 2 aromatic carbocycles. The molecular formula is C30H31N5O3S. The molecule has 1 aliphatic heterocycles. The first-order chi connectivity index (χ1) is 18.8. The number of benzene rings is 2. The van der Waals surface area contributed by atoms with Crippen molar-refractivity contribution >= 4 is 34.6 Å². The van der Waals surface area contributed by atoms with Crippen molar-refractivity contribution in [3.8, 4) is 11.4 Å². The highest BCUT2D eigenvalue weighted by molar-refractivity contribution is 7.80. The summed E-state index contributed by atoms with van der Waals surface area (Å²) in [6, 6.07) is 20.8. The second kappa shape index (κ2) is 10.9. The molecule has 1 amide bonds. The summed E-state index contributed by atoms with van der Waals surface area (Å²) in [5.41, 5.74) is 7.17. The zero-order valence-corrected chi connectivity index (χ0v) is 23.1. The molecule has 0 spiro atoms. The lowest BCUT2D eigenvalue weighted by Gasteiger charge is -2.29. The summed E-state index contributed by atoms with van der Waals surface area (Å²) in [4.78, 5) is 18.9. The summed E-state index contributed by atoms with van der Waals surface area (Å²) in [6.07, 6.45) is 1.78.